The van der Waals surface area contributed by atoms with Crippen molar-refractivity contribution in [3.63, 3.8) is 0 Å². The van der Waals surface area contributed by atoms with Gasteiger partial charge in [-0.15, -0.1) is 0 Å². The lowest BCUT2D eigenvalue weighted by Gasteiger charge is -2.31. The number of hydrogen-bond donors (Lipinski definition) is 1. The molecule has 0 radical (unpaired) electrons. The van der Waals surface area contributed by atoms with Crippen molar-refractivity contribution in [2.24, 2.45) is 0 Å². The molecule has 0 saturated carbocycles. The molecular formula is C18H25FN4O. The third kappa shape index (κ3) is 3.43. The molecule has 5 nitrogen and oxygen atoms in total. The Bertz CT molecular complexity index is 704. The van der Waals surface area contributed by atoms with Crippen molar-refractivity contribution in [1.29, 1.82) is 0 Å². The summed E-state index contributed by atoms with van der Waals surface area (Å²) in [6.07, 6.45) is 1.71. The first-order valence-corrected chi connectivity index (χ1v) is 8.66. The molecule has 1 aromatic heterocycles. The molecule has 0 spiro atoms. The Labute approximate surface area is 141 Å². The number of para-hydroxylation sites is 1. The van der Waals surface area contributed by atoms with Crippen LogP contribution in [0.4, 0.5) is 4.39 Å². The Morgan fingerprint density at radius 1 is 1.33 bits per heavy atom. The van der Waals surface area contributed by atoms with Gasteiger partial charge in [0.15, 0.2) is 5.69 Å². The quantitative estimate of drug-likeness (QED) is 0.916. The molecule has 0 atom stereocenters. The molecule has 1 saturated heterocycles. The highest BCUT2D eigenvalue weighted by atomic mass is 19.1. The van der Waals surface area contributed by atoms with E-state index >= 15 is 0 Å². The SMILES string of the molecule is CC(C)n1nc(C(=O)NC2CCN(CCF)CC2)c2ccccc21. The minimum absolute atomic E-state index is 0.116. The van der Waals surface area contributed by atoms with Crippen molar-refractivity contribution in [3.05, 3.63) is 30.0 Å². The van der Waals surface area contributed by atoms with Crippen LogP contribution in [0.5, 0.6) is 0 Å². The smallest absolute Gasteiger partial charge is 0.272 e. The molecule has 24 heavy (non-hydrogen) atoms. The molecule has 2 aromatic rings. The summed E-state index contributed by atoms with van der Waals surface area (Å²) >= 11 is 0. The Balaban J connectivity index is 1.73. The van der Waals surface area contributed by atoms with Crippen molar-refractivity contribution in [2.45, 2.75) is 38.8 Å². The number of rotatable bonds is 5. The van der Waals surface area contributed by atoms with Crippen LogP contribution in [0.25, 0.3) is 10.9 Å². The van der Waals surface area contributed by atoms with Crippen LogP contribution in [0.15, 0.2) is 24.3 Å². The largest absolute Gasteiger partial charge is 0.348 e. The van der Waals surface area contributed by atoms with Crippen LogP contribution in [0.3, 0.4) is 0 Å². The number of hydrogen-bond acceptors (Lipinski definition) is 3. The van der Waals surface area contributed by atoms with Crippen LogP contribution in [0, 0.1) is 0 Å². The van der Waals surface area contributed by atoms with E-state index in [1.807, 2.05) is 28.9 Å². The molecule has 1 aliphatic heterocycles. The molecule has 1 fully saturated rings. The van der Waals surface area contributed by atoms with Gasteiger partial charge < -0.3 is 10.2 Å². The van der Waals surface area contributed by atoms with Crippen molar-refractivity contribution >= 4 is 16.8 Å². The van der Waals surface area contributed by atoms with Gasteiger partial charge in [0.2, 0.25) is 0 Å². The number of carbonyl (C=O) groups excluding carboxylic acids is 1. The van der Waals surface area contributed by atoms with Gasteiger partial charge in [0.1, 0.15) is 6.67 Å². The zero-order valence-corrected chi connectivity index (χ0v) is 14.3. The zero-order valence-electron chi connectivity index (χ0n) is 14.3. The molecule has 1 aliphatic rings. The van der Waals surface area contributed by atoms with Crippen molar-refractivity contribution in [1.82, 2.24) is 20.0 Å². The summed E-state index contributed by atoms with van der Waals surface area (Å²) in [5, 5.41) is 8.54. The van der Waals surface area contributed by atoms with E-state index in [0.29, 0.717) is 12.2 Å². The highest BCUT2D eigenvalue weighted by molar-refractivity contribution is 6.05. The number of aromatic nitrogens is 2. The van der Waals surface area contributed by atoms with Crippen LogP contribution in [-0.2, 0) is 0 Å². The second-order valence-electron chi connectivity index (χ2n) is 6.68. The molecule has 6 heteroatoms. The molecule has 0 bridgehead atoms. The van der Waals surface area contributed by atoms with Crippen LogP contribution in [-0.4, -0.2) is 52.9 Å². The Morgan fingerprint density at radius 3 is 2.71 bits per heavy atom. The van der Waals surface area contributed by atoms with Gasteiger partial charge in [-0.05, 0) is 32.8 Å². The molecule has 1 N–H and O–H groups in total. The lowest BCUT2D eigenvalue weighted by Crippen LogP contribution is -2.45. The molecule has 2 heterocycles. The molecule has 3 rings (SSSR count). The second kappa shape index (κ2) is 7.30. The summed E-state index contributed by atoms with van der Waals surface area (Å²) in [6, 6.07) is 8.16. The normalized spacial score (nSPS) is 16.8. The maximum absolute atomic E-state index is 12.7. The molecular weight excluding hydrogens is 307 g/mol. The minimum atomic E-state index is -0.310. The first-order chi connectivity index (χ1) is 11.6. The lowest BCUT2D eigenvalue weighted by atomic mass is 10.0. The third-order valence-electron chi connectivity index (χ3n) is 4.64. The fourth-order valence-corrected chi connectivity index (χ4v) is 3.32. The lowest BCUT2D eigenvalue weighted by molar-refractivity contribution is 0.0904. The van der Waals surface area contributed by atoms with E-state index in [-0.39, 0.29) is 24.7 Å². The molecule has 1 amide bonds. The van der Waals surface area contributed by atoms with Crippen molar-refractivity contribution in [2.75, 3.05) is 26.3 Å². The number of nitrogens with one attached hydrogen (secondary N) is 1. The van der Waals surface area contributed by atoms with E-state index in [9.17, 15) is 9.18 Å². The number of carbonyl (C=O) groups is 1. The maximum Gasteiger partial charge on any atom is 0.272 e. The topological polar surface area (TPSA) is 50.2 Å². The average Bonchev–Trinajstić information content (AvgIpc) is 2.97. The highest BCUT2D eigenvalue weighted by Gasteiger charge is 2.24. The monoisotopic (exact) mass is 332 g/mol. The summed E-state index contributed by atoms with van der Waals surface area (Å²) in [5.41, 5.74) is 1.47. The summed E-state index contributed by atoms with van der Waals surface area (Å²) in [5.74, 6) is -0.116. The number of piperidine rings is 1. The van der Waals surface area contributed by atoms with Crippen LogP contribution in [0.2, 0.25) is 0 Å². The molecule has 1 aromatic carbocycles. The average molecular weight is 332 g/mol. The van der Waals surface area contributed by atoms with Crippen molar-refractivity contribution < 1.29 is 9.18 Å². The number of alkyl halides is 1. The molecule has 0 unspecified atom stereocenters. The van der Waals surface area contributed by atoms with E-state index < -0.39 is 0 Å². The van der Waals surface area contributed by atoms with Gasteiger partial charge in [0.05, 0.1) is 5.52 Å². The summed E-state index contributed by atoms with van der Waals surface area (Å²) in [4.78, 5) is 14.8. The second-order valence-corrected chi connectivity index (χ2v) is 6.68. The summed E-state index contributed by atoms with van der Waals surface area (Å²) in [6.45, 7) is 5.95. The highest BCUT2D eigenvalue weighted by Crippen LogP contribution is 2.22. The van der Waals surface area contributed by atoms with Gasteiger partial charge in [0, 0.05) is 37.1 Å². The number of amides is 1. The van der Waals surface area contributed by atoms with Crippen LogP contribution < -0.4 is 5.32 Å². The number of likely N-dealkylation sites (tertiary alicyclic amines) is 1. The minimum Gasteiger partial charge on any atom is -0.348 e. The first-order valence-electron chi connectivity index (χ1n) is 8.66. The number of nitrogens with zero attached hydrogens (tertiary/aromatic N) is 3. The molecule has 130 valence electrons. The summed E-state index contributed by atoms with van der Waals surface area (Å²) < 4.78 is 14.3. The van der Waals surface area contributed by atoms with Gasteiger partial charge in [-0.25, -0.2) is 4.39 Å². The predicted molar refractivity (Wildman–Crippen MR) is 93.0 cm³/mol. The zero-order chi connectivity index (χ0) is 17.1. The predicted octanol–water partition coefficient (Wildman–Crippen LogP) is 2.78. The Morgan fingerprint density at radius 2 is 2.04 bits per heavy atom. The number of halogens is 1. The maximum atomic E-state index is 12.7. The fraction of sp³-hybridized carbons (Fsp3) is 0.556. The van der Waals surface area contributed by atoms with Gasteiger partial charge in [-0.2, -0.15) is 5.10 Å². The van der Waals surface area contributed by atoms with E-state index in [1.54, 1.807) is 0 Å². The van der Waals surface area contributed by atoms with Crippen molar-refractivity contribution in [3.8, 4) is 0 Å². The fourth-order valence-electron chi connectivity index (χ4n) is 3.32. The van der Waals surface area contributed by atoms with Gasteiger partial charge in [0.25, 0.3) is 5.91 Å². The Hall–Kier alpha value is -1.95. The molecule has 0 aliphatic carbocycles. The van der Waals surface area contributed by atoms with Gasteiger partial charge >= 0.3 is 0 Å². The number of fused-ring (bicyclic) bond motifs is 1. The van der Waals surface area contributed by atoms with Gasteiger partial charge in [-0.1, -0.05) is 18.2 Å². The van der Waals surface area contributed by atoms with E-state index in [1.165, 1.54) is 0 Å². The van der Waals surface area contributed by atoms with Crippen LogP contribution in [0.1, 0.15) is 43.2 Å². The van der Waals surface area contributed by atoms with Crippen LogP contribution >= 0.6 is 0 Å². The van der Waals surface area contributed by atoms with Gasteiger partial charge in [-0.3, -0.25) is 9.48 Å². The third-order valence-corrected chi connectivity index (χ3v) is 4.64. The Kier molecular flexibility index (Phi) is 5.14. The number of benzene rings is 1. The summed E-state index contributed by atoms with van der Waals surface area (Å²) in [7, 11) is 0. The van der Waals surface area contributed by atoms with E-state index in [2.05, 4.69) is 29.2 Å². The first kappa shape index (κ1) is 16.9. The van der Waals surface area contributed by atoms with E-state index in [4.69, 9.17) is 0 Å². The standard InChI is InChI=1S/C18H25FN4O/c1-13(2)23-16-6-4-3-5-15(16)17(21-23)18(24)20-14-7-10-22(11-8-14)12-9-19/h3-6,13-14H,7-12H2,1-2H3,(H,20,24). The van der Waals surface area contributed by atoms with E-state index in [0.717, 1.165) is 36.8 Å².